The Hall–Kier alpha value is -1.58. The lowest BCUT2D eigenvalue weighted by Gasteiger charge is -2.12. The Labute approximate surface area is 82.3 Å². The van der Waals surface area contributed by atoms with Crippen molar-refractivity contribution < 1.29 is 18.9 Å². The molecular formula is C10H12O4+. The van der Waals surface area contributed by atoms with Gasteiger partial charge < -0.3 is 14.2 Å². The van der Waals surface area contributed by atoms with Crippen molar-refractivity contribution in [1.29, 1.82) is 0 Å². The van der Waals surface area contributed by atoms with Crippen molar-refractivity contribution in [3.05, 3.63) is 12.1 Å². The molecule has 1 aromatic rings. The van der Waals surface area contributed by atoms with Crippen molar-refractivity contribution >= 4 is 0 Å². The minimum Gasteiger partial charge on any atom is -0.493 e. The van der Waals surface area contributed by atoms with E-state index >= 15 is 0 Å². The molecule has 1 aromatic carbocycles. The molecule has 0 saturated carbocycles. The molecule has 4 heteroatoms. The van der Waals surface area contributed by atoms with Crippen molar-refractivity contribution in [2.45, 2.75) is 0 Å². The molecule has 1 aliphatic heterocycles. The first-order chi connectivity index (χ1) is 6.85. The summed E-state index contributed by atoms with van der Waals surface area (Å²) in [4.78, 5) is 0. The summed E-state index contributed by atoms with van der Waals surface area (Å²) in [5.41, 5.74) is 0. The molecule has 0 fully saturated rings. The first-order valence-corrected chi connectivity index (χ1v) is 4.37. The normalized spacial score (nSPS) is 13.6. The van der Waals surface area contributed by atoms with Crippen LogP contribution in [0.5, 0.6) is 23.0 Å². The van der Waals surface area contributed by atoms with Gasteiger partial charge in [-0.1, -0.05) is 0 Å². The van der Waals surface area contributed by atoms with Crippen LogP contribution < -0.4 is 18.9 Å². The third-order valence-corrected chi connectivity index (χ3v) is 2.05. The summed E-state index contributed by atoms with van der Waals surface area (Å²) in [6, 6.07) is 3.54. The smallest absolute Gasteiger partial charge is 0.389 e. The molecule has 4 nitrogen and oxygen atoms in total. The van der Waals surface area contributed by atoms with E-state index in [1.165, 1.54) is 0 Å². The van der Waals surface area contributed by atoms with Crippen molar-refractivity contribution in [2.24, 2.45) is 0 Å². The zero-order valence-electron chi connectivity index (χ0n) is 8.20. The highest BCUT2D eigenvalue weighted by Gasteiger charge is 2.25. The van der Waals surface area contributed by atoms with Crippen molar-refractivity contribution in [3.8, 4) is 23.0 Å². The van der Waals surface area contributed by atoms with Crippen LogP contribution in [0.25, 0.3) is 0 Å². The van der Waals surface area contributed by atoms with Gasteiger partial charge in [-0.15, -0.1) is 0 Å². The summed E-state index contributed by atoms with van der Waals surface area (Å²) >= 11 is 0. The SMILES string of the molecule is COc1cc2c(cc1OC)[O+]CCO2. The minimum atomic E-state index is 0.572. The van der Waals surface area contributed by atoms with Gasteiger partial charge in [0.1, 0.15) is 0 Å². The summed E-state index contributed by atoms with van der Waals surface area (Å²) in [6.07, 6.45) is 0. The van der Waals surface area contributed by atoms with Crippen molar-refractivity contribution in [1.82, 2.24) is 0 Å². The third kappa shape index (κ3) is 1.43. The zero-order chi connectivity index (χ0) is 9.97. The van der Waals surface area contributed by atoms with Gasteiger partial charge >= 0.3 is 5.75 Å². The van der Waals surface area contributed by atoms with Crippen LogP contribution in [-0.4, -0.2) is 27.4 Å². The number of methoxy groups -OCH3 is 2. The third-order valence-electron chi connectivity index (χ3n) is 2.05. The highest BCUT2D eigenvalue weighted by Crippen LogP contribution is 2.40. The molecule has 0 amide bonds. The van der Waals surface area contributed by atoms with Gasteiger partial charge in [-0.25, -0.2) is 4.74 Å². The van der Waals surface area contributed by atoms with Gasteiger partial charge in [-0.3, -0.25) is 0 Å². The first kappa shape index (κ1) is 8.99. The lowest BCUT2D eigenvalue weighted by atomic mass is 10.2. The fraction of sp³-hybridized carbons (Fsp3) is 0.400. The number of fused-ring (bicyclic) bond motifs is 1. The maximum atomic E-state index is 5.40. The highest BCUT2D eigenvalue weighted by atomic mass is 16.6. The number of ether oxygens (including phenoxy) is 4. The largest absolute Gasteiger partial charge is 0.493 e. The van der Waals surface area contributed by atoms with E-state index in [2.05, 4.69) is 0 Å². The molecule has 0 spiro atoms. The quantitative estimate of drug-likeness (QED) is 0.671. The maximum absolute atomic E-state index is 5.40. The highest BCUT2D eigenvalue weighted by molar-refractivity contribution is 5.54. The summed E-state index contributed by atoms with van der Waals surface area (Å²) in [5.74, 6) is 2.70. The Morgan fingerprint density at radius 2 is 1.93 bits per heavy atom. The average Bonchev–Trinajstić information content (AvgIpc) is 2.27. The predicted octanol–water partition coefficient (Wildman–Crippen LogP) is 1.47. The van der Waals surface area contributed by atoms with Gasteiger partial charge in [0.15, 0.2) is 18.1 Å². The minimum absolute atomic E-state index is 0.572. The Kier molecular flexibility index (Phi) is 2.35. The van der Waals surface area contributed by atoms with Crippen LogP contribution in [0, 0.1) is 0 Å². The van der Waals surface area contributed by atoms with Gasteiger partial charge in [0.2, 0.25) is 5.75 Å². The Morgan fingerprint density at radius 3 is 2.64 bits per heavy atom. The number of hydrogen-bond acceptors (Lipinski definition) is 4. The van der Waals surface area contributed by atoms with E-state index in [0.29, 0.717) is 36.2 Å². The van der Waals surface area contributed by atoms with Gasteiger partial charge in [0.05, 0.1) is 20.3 Å². The molecule has 0 atom stereocenters. The molecule has 0 saturated heterocycles. The molecule has 0 unspecified atom stereocenters. The molecule has 2 rings (SSSR count). The number of benzene rings is 1. The van der Waals surface area contributed by atoms with E-state index in [9.17, 15) is 0 Å². The molecule has 1 radical (unpaired) electrons. The second-order valence-corrected chi connectivity index (χ2v) is 2.85. The van der Waals surface area contributed by atoms with E-state index in [4.69, 9.17) is 18.9 Å². The number of hydrogen-bond donors (Lipinski definition) is 0. The summed E-state index contributed by atoms with van der Waals surface area (Å²) in [6.45, 7) is 1.14. The van der Waals surface area contributed by atoms with Crippen LogP contribution in [0.3, 0.4) is 0 Å². The average molecular weight is 196 g/mol. The van der Waals surface area contributed by atoms with Gasteiger partial charge in [0.25, 0.3) is 6.61 Å². The second kappa shape index (κ2) is 3.65. The molecule has 1 heterocycles. The molecule has 75 valence electrons. The topological polar surface area (TPSA) is 39.0 Å². The monoisotopic (exact) mass is 196 g/mol. The molecule has 0 aromatic heterocycles. The molecule has 0 bridgehead atoms. The molecule has 0 N–H and O–H groups in total. The lowest BCUT2D eigenvalue weighted by molar-refractivity contribution is 0.169. The standard InChI is InChI=1S/C10H12O4/c1-11-7-5-9-10(6-8(7)12-2)14-4-3-13-9/h5-6H,3-4H2,1-2H3/q+1. The summed E-state index contributed by atoms with van der Waals surface area (Å²) < 4.78 is 21.1. The van der Waals surface area contributed by atoms with Crippen LogP contribution in [0.2, 0.25) is 0 Å². The second-order valence-electron chi connectivity index (χ2n) is 2.85. The van der Waals surface area contributed by atoms with Gasteiger partial charge in [-0.2, -0.15) is 0 Å². The fourth-order valence-electron chi connectivity index (χ4n) is 1.37. The lowest BCUT2D eigenvalue weighted by Crippen LogP contribution is -2.15. The predicted molar refractivity (Wildman–Crippen MR) is 50.5 cm³/mol. The molecular weight excluding hydrogens is 184 g/mol. The maximum Gasteiger partial charge on any atom is 0.389 e. The zero-order valence-corrected chi connectivity index (χ0v) is 8.20. The van der Waals surface area contributed by atoms with Crippen LogP contribution in [0.1, 0.15) is 0 Å². The number of rotatable bonds is 2. The molecule has 14 heavy (non-hydrogen) atoms. The Bertz CT molecular complexity index is 291. The van der Waals surface area contributed by atoms with Crippen molar-refractivity contribution in [2.75, 3.05) is 27.4 Å². The Balaban J connectivity index is 2.43. The van der Waals surface area contributed by atoms with E-state index in [-0.39, 0.29) is 0 Å². The van der Waals surface area contributed by atoms with Crippen LogP contribution in [0.4, 0.5) is 0 Å². The molecule has 0 aliphatic carbocycles. The fourth-order valence-corrected chi connectivity index (χ4v) is 1.37. The Morgan fingerprint density at radius 1 is 1.21 bits per heavy atom. The van der Waals surface area contributed by atoms with E-state index in [0.717, 1.165) is 0 Å². The van der Waals surface area contributed by atoms with E-state index in [1.807, 2.05) is 0 Å². The summed E-state index contributed by atoms with van der Waals surface area (Å²) in [5, 5.41) is 0. The van der Waals surface area contributed by atoms with E-state index in [1.54, 1.807) is 26.4 Å². The van der Waals surface area contributed by atoms with Crippen molar-refractivity contribution in [3.63, 3.8) is 0 Å². The van der Waals surface area contributed by atoms with E-state index < -0.39 is 0 Å². The van der Waals surface area contributed by atoms with Crippen LogP contribution in [0.15, 0.2) is 12.1 Å². The first-order valence-electron chi connectivity index (χ1n) is 4.37. The van der Waals surface area contributed by atoms with Gasteiger partial charge in [-0.05, 0) is 0 Å². The molecule has 1 aliphatic rings. The van der Waals surface area contributed by atoms with Crippen LogP contribution >= 0.6 is 0 Å². The summed E-state index contributed by atoms with van der Waals surface area (Å²) in [7, 11) is 3.18. The van der Waals surface area contributed by atoms with Crippen LogP contribution in [-0.2, 0) is 0 Å². The van der Waals surface area contributed by atoms with Gasteiger partial charge in [0, 0.05) is 6.07 Å².